The average molecular weight is 386 g/mol. The van der Waals surface area contributed by atoms with Gasteiger partial charge in [-0.05, 0) is 24.1 Å². The Balaban J connectivity index is 1.45. The van der Waals surface area contributed by atoms with Gasteiger partial charge in [0.05, 0.1) is 11.2 Å². The largest absolute Gasteiger partial charge is 0.465 e. The fourth-order valence-electron chi connectivity index (χ4n) is 2.48. The lowest BCUT2D eigenvalue weighted by Crippen LogP contribution is -2.30. The number of amides is 2. The number of nitrogens with zero attached hydrogens (tertiary/aromatic N) is 1. The van der Waals surface area contributed by atoms with E-state index in [0.29, 0.717) is 40.9 Å². The Kier molecular flexibility index (Phi) is 6.25. The molecule has 5 nitrogen and oxygen atoms in total. The molecule has 0 unspecified atom stereocenters. The quantitative estimate of drug-likeness (QED) is 0.582. The number of nitrogens with one attached hydrogen (secondary N) is 1. The van der Waals surface area contributed by atoms with Crippen molar-refractivity contribution in [3.05, 3.63) is 65.0 Å². The lowest BCUT2D eigenvalue weighted by Gasteiger charge is -2.14. The molecular formula is C19H18N2O3S2. The van der Waals surface area contributed by atoms with E-state index < -0.39 is 0 Å². The summed E-state index contributed by atoms with van der Waals surface area (Å²) in [7, 11) is 0. The van der Waals surface area contributed by atoms with E-state index in [9.17, 15) is 9.59 Å². The van der Waals surface area contributed by atoms with Crippen molar-refractivity contribution in [1.82, 2.24) is 10.2 Å². The van der Waals surface area contributed by atoms with Gasteiger partial charge in [-0.2, -0.15) is 0 Å². The molecule has 1 saturated heterocycles. The van der Waals surface area contributed by atoms with E-state index in [1.165, 1.54) is 11.8 Å². The van der Waals surface area contributed by atoms with Crippen molar-refractivity contribution in [2.45, 2.75) is 19.4 Å². The molecule has 7 heteroatoms. The first kappa shape index (κ1) is 18.4. The first-order chi connectivity index (χ1) is 12.6. The first-order valence-electron chi connectivity index (χ1n) is 8.23. The monoisotopic (exact) mass is 386 g/mol. The van der Waals surface area contributed by atoms with Crippen LogP contribution in [-0.2, 0) is 16.1 Å². The third-order valence-corrected chi connectivity index (χ3v) is 5.19. The topological polar surface area (TPSA) is 62.6 Å². The van der Waals surface area contributed by atoms with E-state index in [4.69, 9.17) is 16.6 Å². The maximum Gasteiger partial charge on any atom is 0.266 e. The Morgan fingerprint density at radius 1 is 1.23 bits per heavy atom. The van der Waals surface area contributed by atoms with Gasteiger partial charge in [-0.1, -0.05) is 54.3 Å². The predicted molar refractivity (Wildman–Crippen MR) is 106 cm³/mol. The Bertz CT molecular complexity index is 817. The number of hydrogen-bond acceptors (Lipinski definition) is 5. The Morgan fingerprint density at radius 3 is 2.77 bits per heavy atom. The van der Waals surface area contributed by atoms with Crippen LogP contribution in [0.5, 0.6) is 0 Å². The third-order valence-electron chi connectivity index (χ3n) is 3.81. The highest BCUT2D eigenvalue weighted by atomic mass is 32.2. The van der Waals surface area contributed by atoms with Gasteiger partial charge in [0.15, 0.2) is 0 Å². The lowest BCUT2D eigenvalue weighted by atomic mass is 10.2. The molecule has 0 aliphatic carbocycles. The minimum Gasteiger partial charge on any atom is -0.465 e. The lowest BCUT2D eigenvalue weighted by molar-refractivity contribution is -0.124. The zero-order valence-electron chi connectivity index (χ0n) is 14.0. The molecule has 0 spiro atoms. The Labute approximate surface area is 161 Å². The molecule has 1 aliphatic rings. The Morgan fingerprint density at radius 2 is 2.04 bits per heavy atom. The summed E-state index contributed by atoms with van der Waals surface area (Å²) in [6.07, 6.45) is 4.15. The standard InChI is InChI=1S/C19H18N2O3S2/c22-17(20-13-14-6-2-1-3-7-14)9-4-10-21-18(23)16(26-19(21)25)12-15-8-5-11-24-15/h1-3,5-8,11-12H,4,9-10,13H2,(H,20,22)/b16-12-. The molecule has 0 bridgehead atoms. The SMILES string of the molecule is O=C(CCCN1C(=O)/C(=C/c2ccco2)SC1=S)NCc1ccccc1. The van der Waals surface area contributed by atoms with Crippen LogP contribution >= 0.6 is 24.0 Å². The second-order valence-electron chi connectivity index (χ2n) is 5.71. The summed E-state index contributed by atoms with van der Waals surface area (Å²) in [5.41, 5.74) is 1.06. The number of thiocarbonyl (C=S) groups is 1. The molecule has 1 aliphatic heterocycles. The van der Waals surface area contributed by atoms with Crippen LogP contribution in [-0.4, -0.2) is 27.6 Å². The second kappa shape index (κ2) is 8.82. The van der Waals surface area contributed by atoms with Crippen molar-refractivity contribution >= 4 is 46.2 Å². The molecule has 3 rings (SSSR count). The van der Waals surface area contributed by atoms with E-state index >= 15 is 0 Å². The summed E-state index contributed by atoms with van der Waals surface area (Å²) in [6.45, 7) is 0.936. The molecule has 2 amide bonds. The summed E-state index contributed by atoms with van der Waals surface area (Å²) >= 11 is 6.54. The summed E-state index contributed by atoms with van der Waals surface area (Å²) < 4.78 is 5.75. The zero-order valence-corrected chi connectivity index (χ0v) is 15.6. The number of carbonyl (C=O) groups is 2. The highest BCUT2D eigenvalue weighted by Gasteiger charge is 2.31. The summed E-state index contributed by atoms with van der Waals surface area (Å²) in [5.74, 6) is 0.442. The molecule has 1 aromatic heterocycles. The van der Waals surface area contributed by atoms with E-state index in [-0.39, 0.29) is 11.8 Å². The van der Waals surface area contributed by atoms with Gasteiger partial charge in [0.25, 0.3) is 5.91 Å². The Hall–Kier alpha value is -2.38. The van der Waals surface area contributed by atoms with Gasteiger partial charge in [-0.15, -0.1) is 0 Å². The van der Waals surface area contributed by atoms with E-state index in [2.05, 4.69) is 5.32 Å². The maximum absolute atomic E-state index is 12.4. The van der Waals surface area contributed by atoms with E-state index in [0.717, 1.165) is 5.56 Å². The van der Waals surface area contributed by atoms with Crippen molar-refractivity contribution in [3.63, 3.8) is 0 Å². The van der Waals surface area contributed by atoms with Gasteiger partial charge in [0.1, 0.15) is 10.1 Å². The maximum atomic E-state index is 12.4. The minimum absolute atomic E-state index is 0.0366. The van der Waals surface area contributed by atoms with Gasteiger partial charge in [-0.25, -0.2) is 0 Å². The van der Waals surface area contributed by atoms with Gasteiger partial charge < -0.3 is 9.73 Å². The van der Waals surface area contributed by atoms with Gasteiger partial charge in [-0.3, -0.25) is 14.5 Å². The van der Waals surface area contributed by atoms with Gasteiger partial charge >= 0.3 is 0 Å². The van der Waals surface area contributed by atoms with Crippen LogP contribution in [0.25, 0.3) is 6.08 Å². The van der Waals surface area contributed by atoms with Gasteiger partial charge in [0.2, 0.25) is 5.91 Å². The normalized spacial score (nSPS) is 15.7. The second-order valence-corrected chi connectivity index (χ2v) is 7.39. The van der Waals surface area contributed by atoms with Gasteiger partial charge in [0, 0.05) is 25.6 Å². The molecular weight excluding hydrogens is 368 g/mol. The molecule has 1 N–H and O–H groups in total. The number of hydrogen-bond donors (Lipinski definition) is 1. The van der Waals surface area contributed by atoms with Crippen LogP contribution in [0.15, 0.2) is 58.1 Å². The minimum atomic E-state index is -0.138. The predicted octanol–water partition coefficient (Wildman–Crippen LogP) is 3.58. The van der Waals surface area contributed by atoms with Crippen LogP contribution in [0.3, 0.4) is 0 Å². The van der Waals surface area contributed by atoms with Crippen LogP contribution in [0, 0.1) is 0 Å². The number of rotatable bonds is 7. The van der Waals surface area contributed by atoms with Crippen molar-refractivity contribution in [2.24, 2.45) is 0 Å². The summed E-state index contributed by atoms with van der Waals surface area (Å²) in [6, 6.07) is 13.3. The molecule has 0 radical (unpaired) electrons. The van der Waals surface area contributed by atoms with E-state index in [1.807, 2.05) is 30.3 Å². The highest BCUT2D eigenvalue weighted by Crippen LogP contribution is 2.32. The number of thioether (sulfide) groups is 1. The fourth-order valence-corrected chi connectivity index (χ4v) is 3.77. The van der Waals surface area contributed by atoms with Crippen LogP contribution < -0.4 is 5.32 Å². The molecule has 1 aromatic carbocycles. The zero-order chi connectivity index (χ0) is 18.4. The van der Waals surface area contributed by atoms with Crippen molar-refractivity contribution < 1.29 is 14.0 Å². The molecule has 26 heavy (non-hydrogen) atoms. The third kappa shape index (κ3) is 4.83. The van der Waals surface area contributed by atoms with Crippen molar-refractivity contribution in [3.8, 4) is 0 Å². The molecule has 2 aromatic rings. The van der Waals surface area contributed by atoms with Crippen molar-refractivity contribution in [2.75, 3.05) is 6.54 Å². The fraction of sp³-hybridized carbons (Fsp3) is 0.211. The number of carbonyl (C=O) groups excluding carboxylic acids is 2. The number of furan rings is 1. The number of benzene rings is 1. The van der Waals surface area contributed by atoms with Crippen LogP contribution in [0.2, 0.25) is 0 Å². The summed E-state index contributed by atoms with van der Waals surface area (Å²) in [4.78, 5) is 26.5. The van der Waals surface area contributed by atoms with Crippen molar-refractivity contribution in [1.29, 1.82) is 0 Å². The molecule has 0 atom stereocenters. The van der Waals surface area contributed by atoms with Crippen LogP contribution in [0.1, 0.15) is 24.2 Å². The molecule has 1 fully saturated rings. The average Bonchev–Trinajstić information content (AvgIpc) is 3.24. The highest BCUT2D eigenvalue weighted by molar-refractivity contribution is 8.26. The molecule has 2 heterocycles. The molecule has 134 valence electrons. The van der Waals surface area contributed by atoms with E-state index in [1.54, 1.807) is 29.4 Å². The first-order valence-corrected chi connectivity index (χ1v) is 9.45. The molecule has 0 saturated carbocycles. The van der Waals surface area contributed by atoms with Crippen LogP contribution in [0.4, 0.5) is 0 Å². The smallest absolute Gasteiger partial charge is 0.266 e. The summed E-state index contributed by atoms with van der Waals surface area (Å²) in [5, 5.41) is 2.88.